The minimum absolute atomic E-state index is 0. The Morgan fingerprint density at radius 3 is 2.54 bits per heavy atom. The van der Waals surface area contributed by atoms with Crippen LogP contribution >= 0.6 is 0 Å². The number of rotatable bonds is 3. The number of piperidine rings is 1. The van der Waals surface area contributed by atoms with Crippen LogP contribution in [0.3, 0.4) is 0 Å². The first kappa shape index (κ1) is 19.6. The minimum Gasteiger partial charge on any atom is -0.355 e. The zero-order valence-corrected chi connectivity index (χ0v) is 16.3. The lowest BCUT2D eigenvalue weighted by Crippen LogP contribution is -2.32. The Balaban J connectivity index is 0.000000207. The maximum Gasteiger partial charge on any atom is 0.314 e. The van der Waals surface area contributed by atoms with Crippen LogP contribution < -0.4 is 15.5 Å². The van der Waals surface area contributed by atoms with E-state index in [9.17, 15) is 4.79 Å². The van der Waals surface area contributed by atoms with Crippen LogP contribution in [-0.4, -0.2) is 36.4 Å². The van der Waals surface area contributed by atoms with Crippen LogP contribution in [0.5, 0.6) is 0 Å². The summed E-state index contributed by atoms with van der Waals surface area (Å²) in [7, 11) is 1.61. The number of fused-ring (bicyclic) bond motifs is 1. The summed E-state index contributed by atoms with van der Waals surface area (Å²) in [5.41, 5.74) is 1.10. The molecule has 2 aromatic carbocycles. The molecule has 6 nitrogen and oxygen atoms in total. The van der Waals surface area contributed by atoms with Crippen molar-refractivity contribution in [2.45, 2.75) is 25.8 Å². The molecule has 0 unspecified atom stereocenters. The monoisotopic (exact) mass is 379 g/mol. The van der Waals surface area contributed by atoms with Gasteiger partial charge in [0.1, 0.15) is 0 Å². The summed E-state index contributed by atoms with van der Waals surface area (Å²) in [6.45, 7) is 2.82. The molecule has 0 bridgehead atoms. The van der Waals surface area contributed by atoms with Crippen molar-refractivity contribution >= 4 is 22.6 Å². The number of urea groups is 1. The third-order valence-electron chi connectivity index (χ3n) is 4.73. The molecule has 1 fully saturated rings. The fraction of sp³-hybridized carbons (Fsp3) is 0.318. The summed E-state index contributed by atoms with van der Waals surface area (Å²) in [5, 5.41) is 15.6. The molecule has 2 heterocycles. The van der Waals surface area contributed by atoms with Crippen molar-refractivity contribution in [3.8, 4) is 0 Å². The Bertz CT molecular complexity index is 885. The molecule has 0 aliphatic carbocycles. The van der Waals surface area contributed by atoms with Gasteiger partial charge >= 0.3 is 6.03 Å². The van der Waals surface area contributed by atoms with Crippen molar-refractivity contribution in [2.75, 3.05) is 25.0 Å². The first-order valence-corrected chi connectivity index (χ1v) is 9.72. The van der Waals surface area contributed by atoms with Crippen LogP contribution in [0.15, 0.2) is 60.8 Å². The van der Waals surface area contributed by atoms with Gasteiger partial charge in [-0.15, -0.1) is 5.10 Å². The van der Waals surface area contributed by atoms with Gasteiger partial charge in [-0.05, 0) is 53.8 Å². The van der Waals surface area contributed by atoms with Crippen molar-refractivity contribution in [3.05, 3.63) is 66.4 Å². The molecule has 1 aliphatic rings. The van der Waals surface area contributed by atoms with E-state index in [2.05, 4.69) is 50.0 Å². The zero-order chi connectivity index (χ0) is 19.6. The Hall–Kier alpha value is -3.15. The Labute approximate surface area is 167 Å². The molecule has 148 valence electrons. The zero-order valence-electron chi connectivity index (χ0n) is 16.3. The van der Waals surface area contributed by atoms with E-state index >= 15 is 0 Å². The number of benzene rings is 2. The summed E-state index contributed by atoms with van der Waals surface area (Å²) in [5.74, 6) is 1.03. The summed E-state index contributed by atoms with van der Waals surface area (Å²) < 4.78 is 0. The highest BCUT2D eigenvalue weighted by molar-refractivity contribution is 5.83. The number of amides is 2. The predicted molar refractivity (Wildman–Crippen MR) is 115 cm³/mol. The molecule has 1 aromatic heterocycles. The van der Waals surface area contributed by atoms with Crippen molar-refractivity contribution in [1.82, 2.24) is 20.8 Å². The van der Waals surface area contributed by atoms with Gasteiger partial charge in [-0.2, -0.15) is 5.10 Å². The highest BCUT2D eigenvalue weighted by Gasteiger charge is 2.11. The first-order chi connectivity index (χ1) is 13.8. The molecule has 28 heavy (non-hydrogen) atoms. The van der Waals surface area contributed by atoms with E-state index in [0.29, 0.717) is 6.54 Å². The van der Waals surface area contributed by atoms with E-state index in [1.54, 1.807) is 13.2 Å². The topological polar surface area (TPSA) is 70.1 Å². The van der Waals surface area contributed by atoms with E-state index in [0.717, 1.165) is 24.5 Å². The van der Waals surface area contributed by atoms with Crippen LogP contribution in [0.4, 0.5) is 10.6 Å². The average molecular weight is 380 g/mol. The number of hydrogen-bond acceptors (Lipinski definition) is 4. The number of carbonyl (C=O) groups is 1. The summed E-state index contributed by atoms with van der Waals surface area (Å²) in [6.07, 6.45) is 5.65. The standard InChI is InChI=1S/C13H14N2O.C9H13N3.H2/c1-14-13(16)15-9-10-6-7-11-4-2-3-5-12(11)8-10;1-2-7-12(8-3-1)9-5-4-6-10-11-9;/h2-8H,9H2,1H3,(H2,14,15,16);4-6H,1-3,7-8H2;1H. The van der Waals surface area contributed by atoms with Crippen molar-refractivity contribution in [2.24, 2.45) is 0 Å². The Morgan fingerprint density at radius 1 is 1.04 bits per heavy atom. The molecule has 2 N–H and O–H groups in total. The molecule has 4 rings (SSSR count). The molecule has 1 saturated heterocycles. The van der Waals surface area contributed by atoms with Crippen molar-refractivity contribution in [3.63, 3.8) is 0 Å². The van der Waals surface area contributed by atoms with Gasteiger partial charge in [0.15, 0.2) is 5.82 Å². The summed E-state index contributed by atoms with van der Waals surface area (Å²) >= 11 is 0. The molecular formula is C22H29N5O. The van der Waals surface area contributed by atoms with E-state index < -0.39 is 0 Å². The normalized spacial score (nSPS) is 13.4. The third kappa shape index (κ3) is 5.67. The average Bonchev–Trinajstić information content (AvgIpc) is 2.79. The van der Waals surface area contributed by atoms with Crippen molar-refractivity contribution < 1.29 is 6.22 Å². The number of carbonyl (C=O) groups excluding carboxylic acids is 1. The highest BCUT2D eigenvalue weighted by Crippen LogP contribution is 2.16. The number of anilines is 1. The maximum atomic E-state index is 11.0. The lowest BCUT2D eigenvalue weighted by molar-refractivity contribution is 0.242. The van der Waals surface area contributed by atoms with E-state index in [1.807, 2.05) is 30.3 Å². The minimum atomic E-state index is -0.159. The van der Waals surface area contributed by atoms with Crippen LogP contribution in [-0.2, 0) is 6.54 Å². The van der Waals surface area contributed by atoms with Gasteiger partial charge in [0.2, 0.25) is 0 Å². The smallest absolute Gasteiger partial charge is 0.314 e. The second kappa shape index (κ2) is 10.3. The quantitative estimate of drug-likeness (QED) is 0.722. The second-order valence-electron chi connectivity index (χ2n) is 6.74. The van der Waals surface area contributed by atoms with Gasteiger partial charge in [0, 0.05) is 34.3 Å². The van der Waals surface area contributed by atoms with Crippen LogP contribution in [0.1, 0.15) is 26.3 Å². The molecule has 0 radical (unpaired) electrons. The van der Waals surface area contributed by atoms with E-state index in [1.165, 1.54) is 30.0 Å². The summed E-state index contributed by atoms with van der Waals surface area (Å²) in [4.78, 5) is 13.3. The fourth-order valence-corrected chi connectivity index (χ4v) is 3.20. The van der Waals surface area contributed by atoms with E-state index in [4.69, 9.17) is 0 Å². The maximum absolute atomic E-state index is 11.0. The van der Waals surface area contributed by atoms with Gasteiger partial charge in [0.25, 0.3) is 0 Å². The lowest BCUT2D eigenvalue weighted by Gasteiger charge is -2.26. The molecule has 0 saturated carbocycles. The molecule has 6 heteroatoms. The highest BCUT2D eigenvalue weighted by atomic mass is 16.2. The van der Waals surface area contributed by atoms with E-state index in [-0.39, 0.29) is 7.46 Å². The predicted octanol–water partition coefficient (Wildman–Crippen LogP) is 3.98. The van der Waals surface area contributed by atoms with Crippen molar-refractivity contribution in [1.29, 1.82) is 0 Å². The molecular weight excluding hydrogens is 350 g/mol. The molecule has 3 aromatic rings. The van der Waals surface area contributed by atoms with Gasteiger partial charge in [-0.25, -0.2) is 4.79 Å². The molecule has 0 spiro atoms. The number of nitrogens with zero attached hydrogens (tertiary/aromatic N) is 3. The first-order valence-electron chi connectivity index (χ1n) is 9.72. The third-order valence-corrected chi connectivity index (χ3v) is 4.73. The number of aromatic nitrogens is 2. The molecule has 2 amide bonds. The Morgan fingerprint density at radius 2 is 1.82 bits per heavy atom. The fourth-order valence-electron chi connectivity index (χ4n) is 3.20. The SMILES string of the molecule is CNC(=O)NCc1ccc2ccccc2c1.[HH].c1cnnc(N2CCCCC2)c1. The van der Waals surface area contributed by atoms with Gasteiger partial charge < -0.3 is 15.5 Å². The second-order valence-corrected chi connectivity index (χ2v) is 6.74. The van der Waals surface area contributed by atoms with Crippen LogP contribution in [0.25, 0.3) is 10.8 Å². The molecule has 0 atom stereocenters. The van der Waals surface area contributed by atoms with Gasteiger partial charge in [-0.1, -0.05) is 36.4 Å². The Kier molecular flexibility index (Phi) is 7.18. The van der Waals surface area contributed by atoms with Gasteiger partial charge in [0.05, 0.1) is 0 Å². The lowest BCUT2D eigenvalue weighted by atomic mass is 10.1. The molecule has 1 aliphatic heterocycles. The van der Waals surface area contributed by atoms with Crippen LogP contribution in [0.2, 0.25) is 0 Å². The largest absolute Gasteiger partial charge is 0.355 e. The summed E-state index contributed by atoms with van der Waals surface area (Å²) in [6, 6.07) is 18.2. The number of hydrogen-bond donors (Lipinski definition) is 2. The number of nitrogens with one attached hydrogen (secondary N) is 2. The van der Waals surface area contributed by atoms with Crippen LogP contribution in [0, 0.1) is 0 Å². The van der Waals surface area contributed by atoms with Gasteiger partial charge in [-0.3, -0.25) is 0 Å².